The molecule has 0 amide bonds. The van der Waals surface area contributed by atoms with Gasteiger partial charge in [-0.1, -0.05) is 37.3 Å². The molecule has 0 aromatic heterocycles. The molecule has 102 valence electrons. The quantitative estimate of drug-likeness (QED) is 0.734. The minimum absolute atomic E-state index is 0.105. The smallest absolute Gasteiger partial charge is 0.123 e. The van der Waals surface area contributed by atoms with Gasteiger partial charge in [-0.25, -0.2) is 0 Å². The van der Waals surface area contributed by atoms with Gasteiger partial charge in [0.05, 0.1) is 19.1 Å². The highest BCUT2D eigenvalue weighted by molar-refractivity contribution is 6.30. The zero-order chi connectivity index (χ0) is 13.7. The lowest BCUT2D eigenvalue weighted by Crippen LogP contribution is -2.12. The summed E-state index contributed by atoms with van der Waals surface area (Å²) in [5.41, 5.74) is 0.949. The Kier molecular flexibility index (Phi) is 5.10. The first kappa shape index (κ1) is 14.2. The Morgan fingerprint density at radius 2 is 1.95 bits per heavy atom. The van der Waals surface area contributed by atoms with E-state index in [2.05, 4.69) is 6.07 Å². The van der Waals surface area contributed by atoms with E-state index in [4.69, 9.17) is 16.3 Å². The zero-order valence-corrected chi connectivity index (χ0v) is 12.1. The lowest BCUT2D eigenvalue weighted by Gasteiger charge is -2.22. The summed E-state index contributed by atoms with van der Waals surface area (Å²) >= 11 is 6.08. The number of nitriles is 1. The molecule has 0 heterocycles. The molecule has 1 fully saturated rings. The van der Waals surface area contributed by atoms with E-state index in [1.54, 1.807) is 7.11 Å². The van der Waals surface area contributed by atoms with Gasteiger partial charge in [-0.15, -0.1) is 0 Å². The second-order valence-electron chi connectivity index (χ2n) is 5.24. The van der Waals surface area contributed by atoms with Gasteiger partial charge in [-0.3, -0.25) is 0 Å². The molecule has 0 aliphatic heterocycles. The van der Waals surface area contributed by atoms with Crippen LogP contribution in [-0.2, 0) is 0 Å². The molecular weight excluding hydrogens is 258 g/mol. The second kappa shape index (κ2) is 6.82. The largest absolute Gasteiger partial charge is 0.496 e. The lowest BCUT2D eigenvalue weighted by atomic mass is 9.82. The third kappa shape index (κ3) is 3.42. The standard InChI is InChI=1S/C16H20ClNO/c1-19-16-9-8-13(17)10-14(16)15(11-18)12-6-4-2-3-5-7-12/h8-10,12,15H,2-7H2,1H3. The molecule has 3 heteroatoms. The van der Waals surface area contributed by atoms with Crippen LogP contribution in [0.2, 0.25) is 5.02 Å². The third-order valence-corrected chi connectivity index (χ3v) is 4.27. The average molecular weight is 278 g/mol. The molecule has 0 bridgehead atoms. The van der Waals surface area contributed by atoms with E-state index in [0.717, 1.165) is 24.2 Å². The number of halogens is 1. The third-order valence-electron chi connectivity index (χ3n) is 4.04. The Morgan fingerprint density at radius 3 is 2.53 bits per heavy atom. The van der Waals surface area contributed by atoms with Gasteiger partial charge in [-0.2, -0.15) is 5.26 Å². The van der Waals surface area contributed by atoms with Crippen molar-refractivity contribution < 1.29 is 4.74 Å². The summed E-state index contributed by atoms with van der Waals surface area (Å²) in [5.74, 6) is 1.10. The number of ether oxygens (including phenoxy) is 1. The monoisotopic (exact) mass is 277 g/mol. The van der Waals surface area contributed by atoms with Crippen LogP contribution in [0, 0.1) is 17.2 Å². The number of methoxy groups -OCH3 is 1. The molecule has 1 aromatic rings. The fraction of sp³-hybridized carbons (Fsp3) is 0.562. The molecule has 19 heavy (non-hydrogen) atoms. The zero-order valence-electron chi connectivity index (χ0n) is 11.4. The maximum Gasteiger partial charge on any atom is 0.123 e. The number of hydrogen-bond donors (Lipinski definition) is 0. The predicted octanol–water partition coefficient (Wildman–Crippen LogP) is 4.93. The molecule has 1 unspecified atom stereocenters. The Labute approximate surface area is 120 Å². The van der Waals surface area contributed by atoms with Gasteiger partial charge < -0.3 is 4.74 Å². The van der Waals surface area contributed by atoms with Crippen molar-refractivity contribution in [2.75, 3.05) is 7.11 Å². The fourth-order valence-electron chi connectivity index (χ4n) is 3.02. The van der Waals surface area contributed by atoms with Gasteiger partial charge >= 0.3 is 0 Å². The predicted molar refractivity (Wildman–Crippen MR) is 77.6 cm³/mol. The number of hydrogen-bond acceptors (Lipinski definition) is 2. The highest BCUT2D eigenvalue weighted by Crippen LogP contribution is 2.39. The number of benzene rings is 1. The molecule has 1 aromatic carbocycles. The van der Waals surface area contributed by atoms with Crippen molar-refractivity contribution in [2.45, 2.75) is 44.4 Å². The summed E-state index contributed by atoms with van der Waals surface area (Å²) in [5, 5.41) is 10.3. The average Bonchev–Trinajstić information content (AvgIpc) is 2.69. The van der Waals surface area contributed by atoms with E-state index >= 15 is 0 Å². The van der Waals surface area contributed by atoms with E-state index in [1.165, 1.54) is 25.7 Å². The van der Waals surface area contributed by atoms with Gasteiger partial charge in [0, 0.05) is 10.6 Å². The highest BCUT2D eigenvalue weighted by atomic mass is 35.5. The van der Waals surface area contributed by atoms with Crippen LogP contribution in [0.25, 0.3) is 0 Å². The summed E-state index contributed by atoms with van der Waals surface area (Å²) in [7, 11) is 1.65. The van der Waals surface area contributed by atoms with Crippen LogP contribution in [0.3, 0.4) is 0 Å². The van der Waals surface area contributed by atoms with E-state index in [1.807, 2.05) is 18.2 Å². The minimum Gasteiger partial charge on any atom is -0.496 e. The topological polar surface area (TPSA) is 33.0 Å². The first-order valence-corrected chi connectivity index (χ1v) is 7.37. The van der Waals surface area contributed by atoms with Crippen LogP contribution in [0.1, 0.15) is 50.0 Å². The van der Waals surface area contributed by atoms with Crippen LogP contribution in [0.5, 0.6) is 5.75 Å². The highest BCUT2D eigenvalue weighted by Gasteiger charge is 2.26. The van der Waals surface area contributed by atoms with Crippen molar-refractivity contribution in [2.24, 2.45) is 5.92 Å². The summed E-state index contributed by atoms with van der Waals surface area (Å²) in [6.07, 6.45) is 7.31. The SMILES string of the molecule is COc1ccc(Cl)cc1C(C#N)C1CCCCCC1. The second-order valence-corrected chi connectivity index (χ2v) is 5.68. The van der Waals surface area contributed by atoms with Gasteiger partial charge in [0.15, 0.2) is 0 Å². The van der Waals surface area contributed by atoms with Gasteiger partial charge in [-0.05, 0) is 37.0 Å². The van der Waals surface area contributed by atoms with Gasteiger partial charge in [0.25, 0.3) is 0 Å². The molecule has 0 saturated heterocycles. The van der Waals surface area contributed by atoms with E-state index < -0.39 is 0 Å². The van der Waals surface area contributed by atoms with Crippen LogP contribution >= 0.6 is 11.6 Å². The molecule has 0 spiro atoms. The maximum absolute atomic E-state index is 9.59. The lowest BCUT2D eigenvalue weighted by molar-refractivity contribution is 0.384. The molecule has 0 N–H and O–H groups in total. The van der Waals surface area contributed by atoms with Crippen molar-refractivity contribution in [1.29, 1.82) is 5.26 Å². The normalized spacial score (nSPS) is 18.4. The molecule has 0 radical (unpaired) electrons. The van der Waals surface area contributed by atoms with Crippen LogP contribution < -0.4 is 4.74 Å². The van der Waals surface area contributed by atoms with Crippen molar-refractivity contribution in [3.63, 3.8) is 0 Å². The summed E-state index contributed by atoms with van der Waals surface area (Å²) in [6, 6.07) is 8.04. The van der Waals surface area contributed by atoms with Crippen LogP contribution in [-0.4, -0.2) is 7.11 Å². The van der Waals surface area contributed by atoms with E-state index in [-0.39, 0.29) is 5.92 Å². The molecule has 1 aliphatic carbocycles. The van der Waals surface area contributed by atoms with Crippen molar-refractivity contribution in [3.05, 3.63) is 28.8 Å². The molecule has 1 saturated carbocycles. The van der Waals surface area contributed by atoms with Crippen molar-refractivity contribution in [3.8, 4) is 11.8 Å². The Morgan fingerprint density at radius 1 is 1.26 bits per heavy atom. The molecule has 2 rings (SSSR count). The Bertz CT molecular complexity index is 458. The number of rotatable bonds is 3. The molecule has 2 nitrogen and oxygen atoms in total. The van der Waals surface area contributed by atoms with Crippen molar-refractivity contribution >= 4 is 11.6 Å². The summed E-state index contributed by atoms with van der Waals surface area (Å²) in [4.78, 5) is 0. The summed E-state index contributed by atoms with van der Waals surface area (Å²) < 4.78 is 5.40. The summed E-state index contributed by atoms with van der Waals surface area (Å²) in [6.45, 7) is 0. The molecular formula is C16H20ClNO. The minimum atomic E-state index is -0.105. The first-order chi connectivity index (χ1) is 9.26. The van der Waals surface area contributed by atoms with E-state index in [0.29, 0.717) is 10.9 Å². The first-order valence-electron chi connectivity index (χ1n) is 6.99. The Balaban J connectivity index is 2.30. The van der Waals surface area contributed by atoms with Crippen LogP contribution in [0.4, 0.5) is 0 Å². The van der Waals surface area contributed by atoms with Crippen molar-refractivity contribution in [1.82, 2.24) is 0 Å². The van der Waals surface area contributed by atoms with Gasteiger partial charge in [0.2, 0.25) is 0 Å². The number of nitrogens with zero attached hydrogens (tertiary/aromatic N) is 1. The van der Waals surface area contributed by atoms with Gasteiger partial charge in [0.1, 0.15) is 5.75 Å². The fourth-order valence-corrected chi connectivity index (χ4v) is 3.20. The van der Waals surface area contributed by atoms with E-state index in [9.17, 15) is 5.26 Å². The van der Waals surface area contributed by atoms with Crippen LogP contribution in [0.15, 0.2) is 18.2 Å². The molecule has 1 aliphatic rings. The maximum atomic E-state index is 9.59. The Hall–Kier alpha value is -1.20. The molecule has 1 atom stereocenters.